The first-order chi connectivity index (χ1) is 44.6. The Kier molecular flexibility index (Phi) is 64.2. The third-order valence-corrected chi connectivity index (χ3v) is 13.4. The quantitative estimate of drug-likeness (QED) is 0.0211. The van der Waals surface area contributed by atoms with E-state index < -0.39 is 30.3 Å². The van der Waals surface area contributed by atoms with E-state index in [0.717, 1.165) is 167 Å². The molecule has 0 aromatic heterocycles. The van der Waals surface area contributed by atoms with Gasteiger partial charge in [0.2, 0.25) is 0 Å². The predicted octanol–water partition coefficient (Wildman–Crippen LogP) is 21.9. The van der Waals surface area contributed by atoms with Crippen molar-refractivity contribution in [3.63, 3.8) is 0 Å². The van der Waals surface area contributed by atoms with Crippen LogP contribution >= 0.6 is 0 Å². The maximum atomic E-state index is 12.9. The highest BCUT2D eigenvalue weighted by Gasteiger charge is 2.25. The van der Waals surface area contributed by atoms with E-state index in [1.54, 1.807) is 0 Å². The van der Waals surface area contributed by atoms with Gasteiger partial charge in [0.05, 0.1) is 34.4 Å². The standard InChI is InChI=1S/C82H123NO8/c1-6-8-10-12-14-16-18-20-22-24-26-28-30-32-34-36-37-38-39-40-41-42-43-45-47-49-51-53-55-57-59-61-63-65-67-69-71-73-80(85)91-78(77-90-82(81(86)87)88-75-74-83(3,4)5)76-89-79(84)72-70-68-66-64-62-60-58-56-54-52-50-48-46-44-35-33-31-29-27-25-23-21-19-17-15-13-11-9-7-2/h8-11,14-17,20-23,26-29,32-35,37-38,40-41,43,45-46,48-49,51-52,54-55,57-58,60,64,66,78,82H,6-7,12-13,18-19,24-25,30-31,36,39,42,44,47,50,53,56,59,61-63,65,67-77H2,1-5H3/p+1/b10-8-,11-9-,16-14-,17-15-,22-20-,23-21-,28-26-,29-27-,34-32-,35-33-,38-37-,41-40-,45-43-,48-46-,51-49-,54-52-,57-55-,60-58-,66-64-. The Hall–Kier alpha value is -6.65. The Morgan fingerprint density at radius 3 is 0.912 bits per heavy atom. The maximum Gasteiger partial charge on any atom is 0.361 e. The van der Waals surface area contributed by atoms with Crippen LogP contribution in [0.4, 0.5) is 0 Å². The molecule has 2 atom stereocenters. The zero-order valence-corrected chi connectivity index (χ0v) is 57.4. The highest BCUT2D eigenvalue weighted by Crippen LogP contribution is 2.13. The lowest BCUT2D eigenvalue weighted by atomic mass is 10.1. The second kappa shape index (κ2) is 69.2. The molecule has 0 amide bonds. The van der Waals surface area contributed by atoms with Crippen LogP contribution < -0.4 is 0 Å². The van der Waals surface area contributed by atoms with Crippen LogP contribution in [0.5, 0.6) is 0 Å². The fourth-order valence-corrected chi connectivity index (χ4v) is 8.22. The molecule has 504 valence electrons. The molecule has 0 aromatic carbocycles. The topological polar surface area (TPSA) is 108 Å². The summed E-state index contributed by atoms with van der Waals surface area (Å²) in [6, 6.07) is 0. The molecule has 91 heavy (non-hydrogen) atoms. The summed E-state index contributed by atoms with van der Waals surface area (Å²) < 4.78 is 22.8. The van der Waals surface area contributed by atoms with E-state index in [1.807, 2.05) is 21.1 Å². The molecular formula is C82H124NO8+. The average Bonchev–Trinajstić information content (AvgIpc) is 3.50. The summed E-state index contributed by atoms with van der Waals surface area (Å²) in [4.78, 5) is 37.6. The van der Waals surface area contributed by atoms with Crippen LogP contribution in [-0.4, -0.2) is 87.4 Å². The second-order valence-electron chi connectivity index (χ2n) is 23.0. The first kappa shape index (κ1) is 84.4. The van der Waals surface area contributed by atoms with Crippen molar-refractivity contribution in [1.82, 2.24) is 0 Å². The molecule has 0 radical (unpaired) electrons. The third kappa shape index (κ3) is 70.7. The molecule has 9 heteroatoms. The number of nitrogens with zero attached hydrogens (tertiary/aromatic N) is 1. The molecule has 0 bridgehead atoms. The van der Waals surface area contributed by atoms with E-state index in [9.17, 15) is 19.5 Å². The summed E-state index contributed by atoms with van der Waals surface area (Å²) in [7, 11) is 5.93. The van der Waals surface area contributed by atoms with Crippen molar-refractivity contribution in [2.75, 3.05) is 47.5 Å². The van der Waals surface area contributed by atoms with E-state index in [2.05, 4.69) is 245 Å². The average molecular weight is 1250 g/mol. The molecule has 0 aliphatic heterocycles. The number of quaternary nitrogens is 1. The number of allylic oxidation sites excluding steroid dienone is 38. The highest BCUT2D eigenvalue weighted by molar-refractivity contribution is 5.71. The molecule has 0 aliphatic carbocycles. The fourth-order valence-electron chi connectivity index (χ4n) is 8.22. The van der Waals surface area contributed by atoms with Gasteiger partial charge in [-0.2, -0.15) is 0 Å². The molecule has 1 N–H and O–H groups in total. The van der Waals surface area contributed by atoms with E-state index in [-0.39, 0.29) is 32.7 Å². The number of hydrogen-bond donors (Lipinski definition) is 1. The predicted molar refractivity (Wildman–Crippen MR) is 391 cm³/mol. The number of aliphatic carboxylic acids is 1. The van der Waals surface area contributed by atoms with Gasteiger partial charge in [0.15, 0.2) is 6.10 Å². The number of ether oxygens (including phenoxy) is 4. The molecule has 0 rings (SSSR count). The lowest BCUT2D eigenvalue weighted by Crippen LogP contribution is -2.40. The lowest BCUT2D eigenvalue weighted by Gasteiger charge is -2.25. The minimum Gasteiger partial charge on any atom is -0.477 e. The summed E-state index contributed by atoms with van der Waals surface area (Å²) in [5.74, 6) is -2.14. The number of unbranched alkanes of at least 4 members (excludes halogenated alkanes) is 7. The van der Waals surface area contributed by atoms with Crippen molar-refractivity contribution in [1.29, 1.82) is 0 Å². The third-order valence-electron chi connectivity index (χ3n) is 13.4. The number of hydrogen-bond acceptors (Lipinski definition) is 7. The fraction of sp³-hybridized carbons (Fsp3) is 0.500. The van der Waals surface area contributed by atoms with Crippen LogP contribution in [0.15, 0.2) is 231 Å². The van der Waals surface area contributed by atoms with Gasteiger partial charge in [-0.15, -0.1) is 0 Å². The van der Waals surface area contributed by atoms with Crippen LogP contribution in [0.2, 0.25) is 0 Å². The SMILES string of the molecule is CC/C=C\C/C=C\C/C=C\C/C=C\C/C=C\C/C=C\C/C=C\C/C=C\C/C=C\C/C=C\CCCCCCCCC(=O)OC(COC(=O)CCC/C=C\C/C=C\C/C=C\C/C=C\C/C=C\C/C=C\C/C=C\C/C=C\C/C=C\CC)COC(OCC[N+](C)(C)C)C(=O)O. The van der Waals surface area contributed by atoms with Crippen LogP contribution in [-0.2, 0) is 33.3 Å². The number of esters is 2. The van der Waals surface area contributed by atoms with E-state index >= 15 is 0 Å². The summed E-state index contributed by atoms with van der Waals surface area (Å²) in [5, 5.41) is 9.74. The first-order valence-corrected chi connectivity index (χ1v) is 34.5. The molecule has 9 nitrogen and oxygen atoms in total. The Labute approximate surface area is 555 Å². The minimum atomic E-state index is -1.55. The molecule has 0 saturated carbocycles. The van der Waals surface area contributed by atoms with Crippen molar-refractivity contribution >= 4 is 17.9 Å². The van der Waals surface area contributed by atoms with Gasteiger partial charge >= 0.3 is 17.9 Å². The number of carbonyl (C=O) groups excluding carboxylic acids is 2. The number of carbonyl (C=O) groups is 3. The number of rotatable bonds is 60. The Bertz CT molecular complexity index is 2350. The molecular weight excluding hydrogens is 1130 g/mol. The summed E-state index contributed by atoms with van der Waals surface area (Å²) in [5.41, 5.74) is 0. The maximum absolute atomic E-state index is 12.9. The van der Waals surface area contributed by atoms with Gasteiger partial charge in [-0.05, 0) is 154 Å². The molecule has 0 aliphatic rings. The van der Waals surface area contributed by atoms with Gasteiger partial charge in [0.25, 0.3) is 6.29 Å². The van der Waals surface area contributed by atoms with Crippen molar-refractivity contribution in [2.24, 2.45) is 0 Å². The highest BCUT2D eigenvalue weighted by atomic mass is 16.7. The van der Waals surface area contributed by atoms with Crippen LogP contribution in [0.25, 0.3) is 0 Å². The van der Waals surface area contributed by atoms with Crippen LogP contribution in [0.3, 0.4) is 0 Å². The summed E-state index contributed by atoms with van der Waals surface area (Å²) >= 11 is 0. The van der Waals surface area contributed by atoms with Crippen molar-refractivity contribution < 1.29 is 42.9 Å². The molecule has 0 spiro atoms. The Balaban J connectivity index is 4.36. The normalized spacial score (nSPS) is 14.2. The van der Waals surface area contributed by atoms with Crippen molar-refractivity contribution in [3.05, 3.63) is 231 Å². The molecule has 0 aromatic rings. The minimum absolute atomic E-state index is 0.161. The first-order valence-electron chi connectivity index (χ1n) is 34.5. The van der Waals surface area contributed by atoms with Crippen LogP contribution in [0.1, 0.15) is 206 Å². The number of likely N-dealkylation sites (N-methyl/N-ethyl adjacent to an activating group) is 1. The Morgan fingerprint density at radius 2 is 0.604 bits per heavy atom. The largest absolute Gasteiger partial charge is 0.477 e. The van der Waals surface area contributed by atoms with E-state index in [0.29, 0.717) is 23.9 Å². The molecule has 0 saturated heterocycles. The summed E-state index contributed by atoms with van der Waals surface area (Å²) in [6.07, 6.45) is 109. The van der Waals surface area contributed by atoms with Gasteiger partial charge < -0.3 is 28.5 Å². The smallest absolute Gasteiger partial charge is 0.361 e. The summed E-state index contributed by atoms with van der Waals surface area (Å²) in [6.45, 7) is 4.52. The van der Waals surface area contributed by atoms with Crippen molar-refractivity contribution in [2.45, 2.75) is 219 Å². The Morgan fingerprint density at radius 1 is 0.330 bits per heavy atom. The van der Waals surface area contributed by atoms with E-state index in [1.165, 1.54) is 0 Å². The molecule has 0 heterocycles. The van der Waals surface area contributed by atoms with Crippen LogP contribution in [0, 0.1) is 0 Å². The lowest BCUT2D eigenvalue weighted by molar-refractivity contribution is -0.870. The van der Waals surface area contributed by atoms with Crippen molar-refractivity contribution in [3.8, 4) is 0 Å². The van der Waals surface area contributed by atoms with E-state index in [4.69, 9.17) is 18.9 Å². The van der Waals surface area contributed by atoms with Gasteiger partial charge in [0, 0.05) is 12.8 Å². The molecule has 2 unspecified atom stereocenters. The molecule has 0 fully saturated rings. The second-order valence-corrected chi connectivity index (χ2v) is 23.0. The van der Waals surface area contributed by atoms with Gasteiger partial charge in [-0.1, -0.05) is 270 Å². The van der Waals surface area contributed by atoms with Gasteiger partial charge in [0.1, 0.15) is 13.2 Å². The van der Waals surface area contributed by atoms with Gasteiger partial charge in [-0.3, -0.25) is 9.59 Å². The monoisotopic (exact) mass is 1250 g/mol. The zero-order chi connectivity index (χ0) is 66.1. The number of carboxylic acid groups (broad SMARTS) is 1. The number of carboxylic acids is 1. The van der Waals surface area contributed by atoms with Gasteiger partial charge in [-0.25, -0.2) is 4.79 Å². The zero-order valence-electron chi connectivity index (χ0n) is 57.4.